The molecule has 6 nitrogen and oxygen atoms in total. The molecule has 5 rings (SSSR count). The van der Waals surface area contributed by atoms with Gasteiger partial charge in [-0.15, -0.1) is 0 Å². The molecule has 1 aromatic carbocycles. The summed E-state index contributed by atoms with van der Waals surface area (Å²) in [4.78, 5) is 11.2. The number of aromatic nitrogens is 3. The Hall–Kier alpha value is -3.12. The maximum Gasteiger partial charge on any atom is 0.419 e. The van der Waals surface area contributed by atoms with Crippen LogP contribution in [0.4, 0.5) is 19.1 Å². The maximum absolute atomic E-state index is 13.7. The normalized spacial score (nSPS) is 23.4. The van der Waals surface area contributed by atoms with Crippen molar-refractivity contribution in [3.05, 3.63) is 41.7 Å². The molecule has 9 heteroatoms. The molecule has 29 heavy (non-hydrogen) atoms. The van der Waals surface area contributed by atoms with E-state index < -0.39 is 11.7 Å². The lowest BCUT2D eigenvalue weighted by atomic mass is 9.96. The summed E-state index contributed by atoms with van der Waals surface area (Å²) in [5, 5.41) is 16.3. The van der Waals surface area contributed by atoms with Crippen molar-refractivity contribution < 1.29 is 13.2 Å². The zero-order valence-electron chi connectivity index (χ0n) is 15.2. The molecule has 0 radical (unpaired) electrons. The zero-order chi connectivity index (χ0) is 20.2. The minimum atomic E-state index is -4.59. The second kappa shape index (κ2) is 6.46. The van der Waals surface area contributed by atoms with Crippen LogP contribution in [0.3, 0.4) is 0 Å². The molecule has 0 aliphatic carbocycles. The minimum absolute atomic E-state index is 0.111. The molecule has 2 bridgehead atoms. The summed E-state index contributed by atoms with van der Waals surface area (Å²) in [5.41, 5.74) is 0.267. The molecule has 0 unspecified atom stereocenters. The summed E-state index contributed by atoms with van der Waals surface area (Å²) in [6.45, 7) is 0. The van der Waals surface area contributed by atoms with Crippen LogP contribution in [-0.2, 0) is 6.18 Å². The number of alkyl halides is 3. The Kier molecular flexibility index (Phi) is 3.99. The van der Waals surface area contributed by atoms with Crippen LogP contribution < -0.4 is 10.6 Å². The Labute approximate surface area is 164 Å². The maximum atomic E-state index is 13.7. The average molecular weight is 398 g/mol. The molecular weight excluding hydrogens is 381 g/mol. The summed E-state index contributed by atoms with van der Waals surface area (Å²) < 4.78 is 41.0. The van der Waals surface area contributed by atoms with E-state index in [0.29, 0.717) is 34.1 Å². The number of aromatic amines is 1. The van der Waals surface area contributed by atoms with E-state index in [1.165, 1.54) is 6.20 Å². The van der Waals surface area contributed by atoms with Crippen LogP contribution in [-0.4, -0.2) is 33.1 Å². The van der Waals surface area contributed by atoms with Gasteiger partial charge in [-0.2, -0.15) is 18.4 Å². The number of hydrogen-bond donors (Lipinski definition) is 3. The number of halogens is 3. The number of nitrogens with zero attached hydrogens (tertiary/aromatic N) is 3. The number of benzene rings is 1. The molecule has 2 aliphatic rings. The molecule has 2 saturated heterocycles. The Morgan fingerprint density at radius 1 is 1.24 bits per heavy atom. The predicted octanol–water partition coefficient (Wildman–Crippen LogP) is 3.82. The highest BCUT2D eigenvalue weighted by Gasteiger charge is 2.40. The average Bonchev–Trinajstić information content (AvgIpc) is 3.41. The molecule has 3 aromatic rings. The number of H-pyrrole nitrogens is 1. The van der Waals surface area contributed by atoms with Gasteiger partial charge in [-0.25, -0.2) is 9.97 Å². The van der Waals surface area contributed by atoms with Crippen LogP contribution >= 0.6 is 0 Å². The minimum Gasteiger partial charge on any atom is -0.360 e. The number of rotatable bonds is 3. The standard InChI is InChI=1S/C20H17F3N6/c21-20(22,23)14-9-26-19(28-17-6-11-2-4-15(17)27-11)29-18(14)13-8-25-16-5-10(7-24)1-3-12(13)16/h1,3,5,8-9,11,15,17,25,27H,2,4,6H2,(H,26,28,29)/t11-,15+,17+/m0/s1. The first kappa shape index (κ1) is 17.9. The van der Waals surface area contributed by atoms with Crippen LogP contribution in [0, 0.1) is 11.3 Å². The van der Waals surface area contributed by atoms with Gasteiger partial charge in [0.1, 0.15) is 5.56 Å². The van der Waals surface area contributed by atoms with E-state index in [-0.39, 0.29) is 17.7 Å². The lowest BCUT2D eigenvalue weighted by Crippen LogP contribution is -2.34. The van der Waals surface area contributed by atoms with Gasteiger partial charge in [0.15, 0.2) is 0 Å². The number of nitrogens with one attached hydrogen (secondary N) is 3. The van der Waals surface area contributed by atoms with Crippen LogP contribution in [0.15, 0.2) is 30.6 Å². The van der Waals surface area contributed by atoms with E-state index in [2.05, 4.69) is 25.6 Å². The third-order valence-electron chi connectivity index (χ3n) is 5.77. The van der Waals surface area contributed by atoms with Crippen molar-refractivity contribution in [1.82, 2.24) is 20.3 Å². The number of nitriles is 1. The van der Waals surface area contributed by atoms with Gasteiger partial charge in [-0.1, -0.05) is 6.07 Å². The van der Waals surface area contributed by atoms with Crippen molar-refractivity contribution in [3.8, 4) is 17.3 Å². The first-order chi connectivity index (χ1) is 13.9. The molecule has 0 saturated carbocycles. The van der Waals surface area contributed by atoms with E-state index in [1.54, 1.807) is 18.2 Å². The van der Waals surface area contributed by atoms with Crippen LogP contribution in [0.1, 0.15) is 30.4 Å². The number of anilines is 1. The van der Waals surface area contributed by atoms with Crippen molar-refractivity contribution in [1.29, 1.82) is 5.26 Å². The van der Waals surface area contributed by atoms with E-state index in [1.807, 2.05) is 6.07 Å². The molecule has 3 N–H and O–H groups in total. The summed E-state index contributed by atoms with van der Waals surface area (Å²) in [5.74, 6) is 0.190. The summed E-state index contributed by atoms with van der Waals surface area (Å²) in [7, 11) is 0. The van der Waals surface area contributed by atoms with E-state index in [0.717, 1.165) is 25.5 Å². The number of hydrogen-bond acceptors (Lipinski definition) is 5. The largest absolute Gasteiger partial charge is 0.419 e. The highest BCUT2D eigenvalue weighted by Crippen LogP contribution is 2.39. The van der Waals surface area contributed by atoms with Crippen LogP contribution in [0.2, 0.25) is 0 Å². The second-order valence-corrected chi connectivity index (χ2v) is 7.56. The Morgan fingerprint density at radius 2 is 2.10 bits per heavy atom. The van der Waals surface area contributed by atoms with Gasteiger partial charge in [0, 0.05) is 47.0 Å². The first-order valence-corrected chi connectivity index (χ1v) is 9.41. The second-order valence-electron chi connectivity index (χ2n) is 7.56. The smallest absolute Gasteiger partial charge is 0.360 e. The first-order valence-electron chi connectivity index (χ1n) is 9.41. The monoisotopic (exact) mass is 398 g/mol. The van der Waals surface area contributed by atoms with Gasteiger partial charge in [-0.05, 0) is 31.4 Å². The fraction of sp³-hybridized carbons (Fsp3) is 0.350. The topological polar surface area (TPSA) is 89.4 Å². The van der Waals surface area contributed by atoms with Gasteiger partial charge >= 0.3 is 6.18 Å². The van der Waals surface area contributed by atoms with Crippen LogP contribution in [0.25, 0.3) is 22.2 Å². The van der Waals surface area contributed by atoms with E-state index >= 15 is 0 Å². The fourth-order valence-electron chi connectivity index (χ4n) is 4.41. The SMILES string of the molecule is N#Cc1ccc2c(-c3nc(N[C@@H]4C[C@@H]5CC[C@H]4N5)ncc3C(F)(F)F)c[nH]c2c1. The molecule has 148 valence electrons. The number of fused-ring (bicyclic) bond motifs is 3. The van der Waals surface area contributed by atoms with Crippen molar-refractivity contribution >= 4 is 16.9 Å². The van der Waals surface area contributed by atoms with E-state index in [9.17, 15) is 13.2 Å². The third-order valence-corrected chi connectivity index (χ3v) is 5.77. The van der Waals surface area contributed by atoms with Crippen molar-refractivity contribution in [2.45, 2.75) is 43.6 Å². The molecule has 0 amide bonds. The van der Waals surface area contributed by atoms with E-state index in [4.69, 9.17) is 5.26 Å². The van der Waals surface area contributed by atoms with Gasteiger partial charge in [0.2, 0.25) is 5.95 Å². The Morgan fingerprint density at radius 3 is 2.79 bits per heavy atom. The Bertz CT molecular complexity index is 1130. The zero-order valence-corrected chi connectivity index (χ0v) is 15.2. The van der Waals surface area contributed by atoms with Gasteiger partial charge in [0.25, 0.3) is 0 Å². The van der Waals surface area contributed by atoms with Gasteiger partial charge < -0.3 is 15.6 Å². The lowest BCUT2D eigenvalue weighted by Gasteiger charge is -2.22. The van der Waals surface area contributed by atoms with Crippen molar-refractivity contribution in [3.63, 3.8) is 0 Å². The lowest BCUT2D eigenvalue weighted by molar-refractivity contribution is -0.137. The third kappa shape index (κ3) is 3.09. The summed E-state index contributed by atoms with van der Waals surface area (Å²) in [6, 6.07) is 7.70. The fourth-order valence-corrected chi connectivity index (χ4v) is 4.41. The van der Waals surface area contributed by atoms with Crippen LogP contribution in [0.5, 0.6) is 0 Å². The quantitative estimate of drug-likeness (QED) is 0.624. The molecule has 0 spiro atoms. The van der Waals surface area contributed by atoms with Gasteiger partial charge in [-0.3, -0.25) is 0 Å². The molecule has 2 fully saturated rings. The molecule has 3 atom stereocenters. The predicted molar refractivity (Wildman–Crippen MR) is 101 cm³/mol. The summed E-state index contributed by atoms with van der Waals surface area (Å²) >= 11 is 0. The highest BCUT2D eigenvalue weighted by atomic mass is 19.4. The molecule has 4 heterocycles. The van der Waals surface area contributed by atoms with Crippen molar-refractivity contribution in [2.75, 3.05) is 5.32 Å². The van der Waals surface area contributed by atoms with Gasteiger partial charge in [0.05, 0.1) is 17.3 Å². The molecule has 2 aliphatic heterocycles. The Balaban J connectivity index is 1.57. The van der Waals surface area contributed by atoms with Crippen molar-refractivity contribution in [2.24, 2.45) is 0 Å². The molecule has 2 aromatic heterocycles. The highest BCUT2D eigenvalue weighted by molar-refractivity contribution is 5.96. The molecular formula is C20H17F3N6. The summed E-state index contributed by atoms with van der Waals surface area (Å²) in [6.07, 6.45) is 0.827.